The van der Waals surface area contributed by atoms with Crippen molar-refractivity contribution in [2.75, 3.05) is 13.6 Å². The topological polar surface area (TPSA) is 40.5 Å². The van der Waals surface area contributed by atoms with Gasteiger partial charge in [0.15, 0.2) is 0 Å². The number of phenols is 1. The number of rotatable bonds is 3. The largest absolute Gasteiger partial charge is 0.508 e. The lowest BCUT2D eigenvalue weighted by Gasteiger charge is -2.17. The lowest BCUT2D eigenvalue weighted by atomic mass is 10.1. The van der Waals surface area contributed by atoms with Crippen molar-refractivity contribution < 1.29 is 9.90 Å². The average molecular weight is 233 g/mol. The summed E-state index contributed by atoms with van der Waals surface area (Å²) >= 11 is 0. The highest BCUT2D eigenvalue weighted by molar-refractivity contribution is 5.94. The molecule has 0 saturated heterocycles. The molecule has 2 rings (SSSR count). The van der Waals surface area contributed by atoms with Gasteiger partial charge in [-0.05, 0) is 42.9 Å². The Kier molecular flexibility index (Phi) is 3.09. The molecule has 1 saturated carbocycles. The number of aryl methyl sites for hydroxylation is 1. The molecule has 3 nitrogen and oxygen atoms in total. The summed E-state index contributed by atoms with van der Waals surface area (Å²) in [5.74, 6) is 1.57. The van der Waals surface area contributed by atoms with Crippen LogP contribution in [0.15, 0.2) is 18.2 Å². The summed E-state index contributed by atoms with van der Waals surface area (Å²) in [6, 6.07) is 5.09. The van der Waals surface area contributed by atoms with Crippen LogP contribution < -0.4 is 0 Å². The molecule has 0 heterocycles. The molecule has 0 aliphatic heterocycles. The molecule has 92 valence electrons. The molecule has 3 heteroatoms. The first kappa shape index (κ1) is 12.0. The van der Waals surface area contributed by atoms with Gasteiger partial charge in [-0.25, -0.2) is 0 Å². The molecule has 0 bridgehead atoms. The standard InChI is InChI=1S/C14H19NO2/c1-9-4-5-11(7-13(9)16)14(17)15(3)8-12-6-10(12)2/h4-5,7,10,12,16H,6,8H2,1-3H3. The number of nitrogens with zero attached hydrogens (tertiary/aromatic N) is 1. The second-order valence-electron chi connectivity index (χ2n) is 5.16. The fourth-order valence-corrected chi connectivity index (χ4v) is 2.05. The van der Waals surface area contributed by atoms with E-state index in [1.54, 1.807) is 23.1 Å². The van der Waals surface area contributed by atoms with Crippen LogP contribution in [0.4, 0.5) is 0 Å². The van der Waals surface area contributed by atoms with E-state index in [9.17, 15) is 9.90 Å². The molecule has 2 unspecified atom stereocenters. The third kappa shape index (κ3) is 2.60. The lowest BCUT2D eigenvalue weighted by Crippen LogP contribution is -2.29. The maximum Gasteiger partial charge on any atom is 0.253 e. The van der Waals surface area contributed by atoms with E-state index in [4.69, 9.17) is 0 Å². The Bertz CT molecular complexity index is 442. The lowest BCUT2D eigenvalue weighted by molar-refractivity contribution is 0.0786. The first-order valence-corrected chi connectivity index (χ1v) is 6.04. The Labute approximate surface area is 102 Å². The number of amides is 1. The quantitative estimate of drug-likeness (QED) is 0.871. The van der Waals surface area contributed by atoms with Crippen LogP contribution in [0.2, 0.25) is 0 Å². The van der Waals surface area contributed by atoms with Gasteiger partial charge in [0.05, 0.1) is 0 Å². The summed E-state index contributed by atoms with van der Waals surface area (Å²) in [5.41, 5.74) is 1.35. The van der Waals surface area contributed by atoms with Crippen LogP contribution in [0.5, 0.6) is 5.75 Å². The van der Waals surface area contributed by atoms with E-state index in [0.29, 0.717) is 11.5 Å². The summed E-state index contributed by atoms with van der Waals surface area (Å²) < 4.78 is 0. The van der Waals surface area contributed by atoms with Gasteiger partial charge in [0.2, 0.25) is 0 Å². The Morgan fingerprint density at radius 1 is 1.53 bits per heavy atom. The molecule has 0 spiro atoms. The summed E-state index contributed by atoms with van der Waals surface area (Å²) in [6.45, 7) is 4.84. The molecule has 1 N–H and O–H groups in total. The molecule has 1 aromatic rings. The Morgan fingerprint density at radius 3 is 2.71 bits per heavy atom. The number of hydrogen-bond donors (Lipinski definition) is 1. The van der Waals surface area contributed by atoms with E-state index in [-0.39, 0.29) is 11.7 Å². The minimum absolute atomic E-state index is 0.0144. The number of aromatic hydroxyl groups is 1. The second-order valence-corrected chi connectivity index (χ2v) is 5.16. The predicted molar refractivity (Wildman–Crippen MR) is 67.1 cm³/mol. The molecular weight excluding hydrogens is 214 g/mol. The number of carbonyl (C=O) groups excluding carboxylic acids is 1. The molecule has 1 aliphatic carbocycles. The monoisotopic (exact) mass is 233 g/mol. The molecule has 1 fully saturated rings. The van der Waals surface area contributed by atoms with Crippen molar-refractivity contribution in [3.63, 3.8) is 0 Å². The highest BCUT2D eigenvalue weighted by Gasteiger charge is 2.34. The Balaban J connectivity index is 2.05. The van der Waals surface area contributed by atoms with Crippen LogP contribution in [0.25, 0.3) is 0 Å². The first-order valence-electron chi connectivity index (χ1n) is 6.04. The Hall–Kier alpha value is -1.51. The van der Waals surface area contributed by atoms with Crippen molar-refractivity contribution >= 4 is 5.91 Å². The number of phenolic OH excluding ortho intramolecular Hbond substituents is 1. The van der Waals surface area contributed by atoms with Gasteiger partial charge >= 0.3 is 0 Å². The van der Waals surface area contributed by atoms with Gasteiger partial charge in [0.1, 0.15) is 5.75 Å². The van der Waals surface area contributed by atoms with Gasteiger partial charge in [-0.2, -0.15) is 0 Å². The zero-order chi connectivity index (χ0) is 12.6. The van der Waals surface area contributed by atoms with Crippen LogP contribution in [0.1, 0.15) is 29.3 Å². The van der Waals surface area contributed by atoms with Crippen molar-refractivity contribution in [2.24, 2.45) is 11.8 Å². The molecular formula is C14H19NO2. The average Bonchev–Trinajstić information content (AvgIpc) is 2.97. The molecule has 1 amide bonds. The van der Waals surface area contributed by atoms with Crippen molar-refractivity contribution in [1.82, 2.24) is 4.90 Å². The van der Waals surface area contributed by atoms with E-state index in [1.165, 1.54) is 6.42 Å². The molecule has 17 heavy (non-hydrogen) atoms. The van der Waals surface area contributed by atoms with Crippen LogP contribution in [0, 0.1) is 18.8 Å². The van der Waals surface area contributed by atoms with E-state index in [0.717, 1.165) is 18.0 Å². The van der Waals surface area contributed by atoms with Gasteiger partial charge in [0, 0.05) is 19.2 Å². The smallest absolute Gasteiger partial charge is 0.253 e. The maximum absolute atomic E-state index is 12.1. The maximum atomic E-state index is 12.1. The normalized spacial score (nSPS) is 22.3. The third-order valence-corrected chi connectivity index (χ3v) is 3.59. The van der Waals surface area contributed by atoms with Gasteiger partial charge < -0.3 is 10.0 Å². The highest BCUT2D eigenvalue weighted by Crippen LogP contribution is 2.38. The SMILES string of the molecule is Cc1ccc(C(=O)N(C)CC2CC2C)cc1O. The van der Waals surface area contributed by atoms with Crippen molar-refractivity contribution in [1.29, 1.82) is 0 Å². The van der Waals surface area contributed by atoms with Crippen LogP contribution in [0.3, 0.4) is 0 Å². The number of benzene rings is 1. The summed E-state index contributed by atoms with van der Waals surface area (Å²) in [5, 5.41) is 9.60. The molecule has 0 aromatic heterocycles. The predicted octanol–water partition coefficient (Wildman–Crippen LogP) is 2.43. The van der Waals surface area contributed by atoms with Crippen LogP contribution in [-0.2, 0) is 0 Å². The van der Waals surface area contributed by atoms with Crippen molar-refractivity contribution in [2.45, 2.75) is 20.3 Å². The van der Waals surface area contributed by atoms with E-state index in [2.05, 4.69) is 6.92 Å². The third-order valence-electron chi connectivity index (χ3n) is 3.59. The fraction of sp³-hybridized carbons (Fsp3) is 0.500. The minimum atomic E-state index is -0.0144. The summed E-state index contributed by atoms with van der Waals surface area (Å²) in [6.07, 6.45) is 1.22. The van der Waals surface area contributed by atoms with Crippen LogP contribution >= 0.6 is 0 Å². The molecule has 0 radical (unpaired) electrons. The number of carbonyl (C=O) groups is 1. The highest BCUT2D eigenvalue weighted by atomic mass is 16.3. The zero-order valence-corrected chi connectivity index (χ0v) is 10.6. The van der Waals surface area contributed by atoms with Crippen molar-refractivity contribution in [3.05, 3.63) is 29.3 Å². The minimum Gasteiger partial charge on any atom is -0.508 e. The second kappa shape index (κ2) is 4.40. The fourth-order valence-electron chi connectivity index (χ4n) is 2.05. The van der Waals surface area contributed by atoms with Gasteiger partial charge in [-0.3, -0.25) is 4.79 Å². The summed E-state index contributed by atoms with van der Waals surface area (Å²) in [4.78, 5) is 13.8. The summed E-state index contributed by atoms with van der Waals surface area (Å²) in [7, 11) is 1.82. The number of hydrogen-bond acceptors (Lipinski definition) is 2. The molecule has 2 atom stereocenters. The van der Waals surface area contributed by atoms with E-state index in [1.807, 2.05) is 14.0 Å². The van der Waals surface area contributed by atoms with Gasteiger partial charge in [-0.1, -0.05) is 13.0 Å². The molecule has 1 aromatic carbocycles. The Morgan fingerprint density at radius 2 is 2.18 bits per heavy atom. The van der Waals surface area contributed by atoms with E-state index < -0.39 is 0 Å². The first-order chi connectivity index (χ1) is 7.99. The van der Waals surface area contributed by atoms with Crippen LogP contribution in [-0.4, -0.2) is 29.5 Å². The van der Waals surface area contributed by atoms with Crippen molar-refractivity contribution in [3.8, 4) is 5.75 Å². The van der Waals surface area contributed by atoms with E-state index >= 15 is 0 Å². The zero-order valence-electron chi connectivity index (χ0n) is 10.6. The molecule has 1 aliphatic rings. The van der Waals surface area contributed by atoms with Gasteiger partial charge in [-0.15, -0.1) is 0 Å². The van der Waals surface area contributed by atoms with Gasteiger partial charge in [0.25, 0.3) is 5.91 Å².